The van der Waals surface area contributed by atoms with Gasteiger partial charge >= 0.3 is 5.97 Å². The molecular formula is C13H19N3O3. The highest BCUT2D eigenvalue weighted by molar-refractivity contribution is 6.01. The summed E-state index contributed by atoms with van der Waals surface area (Å²) in [4.78, 5) is 23.7. The normalized spacial score (nSPS) is 17.8. The molecule has 1 atom stereocenters. The summed E-state index contributed by atoms with van der Waals surface area (Å²) in [5.41, 5.74) is 0.101. The van der Waals surface area contributed by atoms with Crippen molar-refractivity contribution < 1.29 is 14.7 Å². The summed E-state index contributed by atoms with van der Waals surface area (Å²) in [6.07, 6.45) is 2.01. The van der Waals surface area contributed by atoms with Crippen LogP contribution in [0.2, 0.25) is 0 Å². The Bertz CT molecular complexity index is 519. The van der Waals surface area contributed by atoms with Gasteiger partial charge in [-0.2, -0.15) is 5.10 Å². The molecule has 0 aromatic carbocycles. The second kappa shape index (κ2) is 4.68. The van der Waals surface area contributed by atoms with E-state index in [0.717, 1.165) is 24.2 Å². The smallest absolute Gasteiger partial charge is 0.319 e. The first kappa shape index (κ1) is 13.6. The summed E-state index contributed by atoms with van der Waals surface area (Å²) in [5.74, 6) is -1.52. The fourth-order valence-electron chi connectivity index (χ4n) is 2.02. The number of nitrogens with zero attached hydrogens (tertiary/aromatic N) is 2. The minimum absolute atomic E-state index is 0.137. The molecule has 1 heterocycles. The molecule has 19 heavy (non-hydrogen) atoms. The average molecular weight is 265 g/mol. The van der Waals surface area contributed by atoms with Crippen LogP contribution in [0.4, 0.5) is 0 Å². The van der Waals surface area contributed by atoms with Crippen LogP contribution in [-0.4, -0.2) is 32.8 Å². The van der Waals surface area contributed by atoms with Crippen molar-refractivity contribution >= 4 is 11.9 Å². The third-order valence-electron chi connectivity index (χ3n) is 3.52. The van der Waals surface area contributed by atoms with Crippen molar-refractivity contribution in [2.75, 3.05) is 0 Å². The van der Waals surface area contributed by atoms with E-state index in [1.54, 1.807) is 11.7 Å². The highest BCUT2D eigenvalue weighted by Gasteiger charge is 2.44. The minimum Gasteiger partial charge on any atom is -0.480 e. The lowest BCUT2D eigenvalue weighted by atomic mass is 9.84. The first-order chi connectivity index (χ1) is 8.83. The van der Waals surface area contributed by atoms with E-state index in [4.69, 9.17) is 0 Å². The van der Waals surface area contributed by atoms with Gasteiger partial charge in [0.15, 0.2) is 0 Å². The van der Waals surface area contributed by atoms with Crippen molar-refractivity contribution in [3.8, 4) is 0 Å². The van der Waals surface area contributed by atoms with E-state index in [2.05, 4.69) is 10.4 Å². The molecule has 0 radical (unpaired) electrons. The van der Waals surface area contributed by atoms with Gasteiger partial charge in [-0.05, 0) is 32.8 Å². The van der Waals surface area contributed by atoms with Gasteiger partial charge in [0.2, 0.25) is 5.91 Å². The van der Waals surface area contributed by atoms with Crippen LogP contribution in [0.15, 0.2) is 6.07 Å². The van der Waals surface area contributed by atoms with Crippen molar-refractivity contribution in [2.24, 2.45) is 12.5 Å². The van der Waals surface area contributed by atoms with Gasteiger partial charge in [0.05, 0.1) is 5.69 Å². The second-order valence-electron chi connectivity index (χ2n) is 5.46. The van der Waals surface area contributed by atoms with Gasteiger partial charge in [0, 0.05) is 25.2 Å². The highest BCUT2D eigenvalue weighted by atomic mass is 16.4. The van der Waals surface area contributed by atoms with Crippen molar-refractivity contribution in [1.82, 2.24) is 15.1 Å². The number of aliphatic carboxylic acids is 1. The van der Waals surface area contributed by atoms with Crippen molar-refractivity contribution in [3.63, 3.8) is 0 Å². The molecule has 6 heteroatoms. The zero-order valence-corrected chi connectivity index (χ0v) is 11.4. The van der Waals surface area contributed by atoms with Crippen LogP contribution in [0.5, 0.6) is 0 Å². The van der Waals surface area contributed by atoms with Crippen LogP contribution in [0.1, 0.15) is 31.2 Å². The largest absolute Gasteiger partial charge is 0.480 e. The topological polar surface area (TPSA) is 84.2 Å². The first-order valence-electron chi connectivity index (χ1n) is 6.37. The van der Waals surface area contributed by atoms with Crippen LogP contribution in [0.3, 0.4) is 0 Å². The van der Waals surface area contributed by atoms with E-state index in [1.165, 1.54) is 6.92 Å². The minimum atomic E-state index is -1.46. The van der Waals surface area contributed by atoms with E-state index in [1.807, 2.05) is 13.0 Å². The molecule has 1 aromatic heterocycles. The molecule has 2 N–H and O–H groups in total. The zero-order valence-electron chi connectivity index (χ0n) is 11.4. The van der Waals surface area contributed by atoms with Crippen LogP contribution < -0.4 is 5.32 Å². The summed E-state index contributed by atoms with van der Waals surface area (Å²) >= 11 is 0. The molecule has 1 aliphatic carbocycles. The van der Waals surface area contributed by atoms with Gasteiger partial charge in [-0.3, -0.25) is 14.3 Å². The maximum atomic E-state index is 12.2. The molecule has 1 aromatic rings. The molecule has 2 rings (SSSR count). The second-order valence-corrected chi connectivity index (χ2v) is 5.46. The highest BCUT2D eigenvalue weighted by Crippen LogP contribution is 2.27. The van der Waals surface area contributed by atoms with Crippen molar-refractivity contribution in [3.05, 3.63) is 17.5 Å². The number of nitrogens with one attached hydrogen (secondary N) is 1. The SMILES string of the molecule is Cc1cc(CC(C)(C(=O)O)C(=O)NC2CC2)n(C)n1. The van der Waals surface area contributed by atoms with E-state index in [9.17, 15) is 14.7 Å². The molecule has 0 bridgehead atoms. The summed E-state index contributed by atoms with van der Waals surface area (Å²) in [7, 11) is 1.75. The summed E-state index contributed by atoms with van der Waals surface area (Å²) in [6.45, 7) is 3.31. The molecule has 0 aliphatic heterocycles. The number of amides is 1. The number of carboxylic acid groups (broad SMARTS) is 1. The molecule has 0 saturated heterocycles. The Kier molecular flexibility index (Phi) is 3.34. The standard InChI is InChI=1S/C13H19N3O3/c1-8-6-10(16(3)15-8)7-13(2,12(18)19)11(17)14-9-4-5-9/h6,9H,4-5,7H2,1-3H3,(H,14,17)(H,18,19). The zero-order chi connectivity index (χ0) is 14.2. The van der Waals surface area contributed by atoms with Gasteiger partial charge in [-0.25, -0.2) is 0 Å². The van der Waals surface area contributed by atoms with Gasteiger partial charge in [-0.15, -0.1) is 0 Å². The Morgan fingerprint density at radius 1 is 1.58 bits per heavy atom. The number of aromatic nitrogens is 2. The average Bonchev–Trinajstić information content (AvgIpc) is 3.05. The molecule has 1 saturated carbocycles. The Morgan fingerprint density at radius 3 is 2.63 bits per heavy atom. The van der Waals surface area contributed by atoms with E-state index >= 15 is 0 Å². The van der Waals surface area contributed by atoms with Crippen molar-refractivity contribution in [2.45, 2.75) is 39.2 Å². The molecule has 1 aliphatic rings. The van der Waals surface area contributed by atoms with Gasteiger partial charge in [-0.1, -0.05) is 0 Å². The van der Waals surface area contributed by atoms with Crippen LogP contribution >= 0.6 is 0 Å². The maximum Gasteiger partial charge on any atom is 0.319 e. The molecule has 1 amide bonds. The number of aryl methyl sites for hydroxylation is 2. The third kappa shape index (κ3) is 2.77. The molecule has 1 unspecified atom stereocenters. The Balaban J connectivity index is 2.20. The van der Waals surface area contributed by atoms with Gasteiger partial charge < -0.3 is 10.4 Å². The predicted molar refractivity (Wildman–Crippen MR) is 68.6 cm³/mol. The van der Waals surface area contributed by atoms with Crippen LogP contribution in [0.25, 0.3) is 0 Å². The lowest BCUT2D eigenvalue weighted by Crippen LogP contribution is -2.47. The monoisotopic (exact) mass is 265 g/mol. The molecular weight excluding hydrogens is 246 g/mol. The molecule has 104 valence electrons. The Hall–Kier alpha value is -1.85. The lowest BCUT2D eigenvalue weighted by molar-refractivity contribution is -0.154. The van der Waals surface area contributed by atoms with E-state index in [-0.39, 0.29) is 12.5 Å². The van der Waals surface area contributed by atoms with Gasteiger partial charge in [0.1, 0.15) is 5.41 Å². The number of carbonyl (C=O) groups is 2. The van der Waals surface area contributed by atoms with E-state index in [0.29, 0.717) is 0 Å². The Labute approximate surface area is 111 Å². The lowest BCUT2D eigenvalue weighted by Gasteiger charge is -2.23. The molecule has 6 nitrogen and oxygen atoms in total. The quantitative estimate of drug-likeness (QED) is 0.765. The number of rotatable bonds is 5. The number of hydrogen-bond donors (Lipinski definition) is 2. The molecule has 0 spiro atoms. The summed E-state index contributed by atoms with van der Waals surface area (Å²) < 4.78 is 1.63. The molecule has 1 fully saturated rings. The summed E-state index contributed by atoms with van der Waals surface area (Å²) in [6, 6.07) is 1.96. The van der Waals surface area contributed by atoms with E-state index < -0.39 is 17.3 Å². The Morgan fingerprint density at radius 2 is 2.21 bits per heavy atom. The third-order valence-corrected chi connectivity index (χ3v) is 3.52. The number of carboxylic acids is 1. The summed E-state index contributed by atoms with van der Waals surface area (Å²) in [5, 5.41) is 16.4. The number of carbonyl (C=O) groups excluding carboxylic acids is 1. The maximum absolute atomic E-state index is 12.2. The predicted octanol–water partition coefficient (Wildman–Crippen LogP) is 0.641. The van der Waals surface area contributed by atoms with Crippen LogP contribution in [-0.2, 0) is 23.1 Å². The van der Waals surface area contributed by atoms with Crippen molar-refractivity contribution in [1.29, 1.82) is 0 Å². The number of hydrogen-bond acceptors (Lipinski definition) is 3. The van der Waals surface area contributed by atoms with Crippen LogP contribution in [0, 0.1) is 12.3 Å². The fraction of sp³-hybridized carbons (Fsp3) is 0.615. The van der Waals surface area contributed by atoms with Gasteiger partial charge in [0.25, 0.3) is 0 Å². The first-order valence-corrected chi connectivity index (χ1v) is 6.37. The fourth-order valence-corrected chi connectivity index (χ4v) is 2.02.